The van der Waals surface area contributed by atoms with E-state index < -0.39 is 4.92 Å². The molecule has 0 unspecified atom stereocenters. The zero-order valence-electron chi connectivity index (χ0n) is 13.5. The lowest BCUT2D eigenvalue weighted by Crippen LogP contribution is -3.13. The van der Waals surface area contributed by atoms with Crippen LogP contribution in [-0.2, 0) is 4.79 Å². The van der Waals surface area contributed by atoms with Gasteiger partial charge in [0.05, 0.1) is 30.1 Å². The van der Waals surface area contributed by atoms with E-state index in [0.717, 1.165) is 25.9 Å². The number of carbonyl (C=O) groups excluding carboxylic acids is 1. The maximum atomic E-state index is 12.0. The number of para-hydroxylation sites is 1. The van der Waals surface area contributed by atoms with Gasteiger partial charge in [-0.1, -0.05) is 19.1 Å². The van der Waals surface area contributed by atoms with Crippen molar-refractivity contribution in [2.24, 2.45) is 0 Å². The standard InChI is InChI=1S/C17H23N3O3/c1-2-11-19-12-9-15(10-13-19)18-17(21)8-7-14-5-3-4-6-16(14)20(22)23/h3-8,15H,2,9-13H2,1H3,(H,18,21)/p+1/b8-7+. The third kappa shape index (κ3) is 5.17. The van der Waals surface area contributed by atoms with Crippen LogP contribution in [0.1, 0.15) is 31.7 Å². The molecule has 124 valence electrons. The van der Waals surface area contributed by atoms with Crippen LogP contribution >= 0.6 is 0 Å². The fraction of sp³-hybridized carbons (Fsp3) is 0.471. The van der Waals surface area contributed by atoms with Crippen molar-refractivity contribution in [1.82, 2.24) is 5.32 Å². The summed E-state index contributed by atoms with van der Waals surface area (Å²) in [6.45, 7) is 5.56. The van der Waals surface area contributed by atoms with Gasteiger partial charge >= 0.3 is 0 Å². The number of rotatable bonds is 6. The van der Waals surface area contributed by atoms with Crippen LogP contribution in [0.4, 0.5) is 5.69 Å². The zero-order chi connectivity index (χ0) is 16.7. The van der Waals surface area contributed by atoms with E-state index >= 15 is 0 Å². The highest BCUT2D eigenvalue weighted by atomic mass is 16.6. The second kappa shape index (κ2) is 8.43. The number of nitro groups is 1. The molecule has 1 heterocycles. The number of nitrogens with one attached hydrogen (secondary N) is 2. The summed E-state index contributed by atoms with van der Waals surface area (Å²) in [4.78, 5) is 24.1. The van der Waals surface area contributed by atoms with E-state index in [-0.39, 0.29) is 17.6 Å². The SMILES string of the molecule is CCC[NH+]1CCC(NC(=O)/C=C/c2ccccc2[N+](=O)[O-])CC1. The molecule has 0 atom stereocenters. The maximum absolute atomic E-state index is 12.0. The van der Waals surface area contributed by atoms with Gasteiger partial charge in [0.2, 0.25) is 5.91 Å². The van der Waals surface area contributed by atoms with Gasteiger partial charge in [-0.2, -0.15) is 0 Å². The monoisotopic (exact) mass is 318 g/mol. The molecule has 1 aromatic rings. The number of hydrogen-bond acceptors (Lipinski definition) is 3. The van der Waals surface area contributed by atoms with E-state index in [1.165, 1.54) is 31.2 Å². The molecule has 0 bridgehead atoms. The molecule has 1 aromatic carbocycles. The molecule has 1 fully saturated rings. The number of amides is 1. The molecule has 23 heavy (non-hydrogen) atoms. The third-order valence-corrected chi connectivity index (χ3v) is 4.19. The molecule has 6 heteroatoms. The number of nitrogens with zero attached hydrogens (tertiary/aromatic N) is 1. The normalized spacial score (nSPS) is 21.3. The van der Waals surface area contributed by atoms with Gasteiger partial charge in [-0.05, 0) is 18.6 Å². The fourth-order valence-corrected chi connectivity index (χ4v) is 2.98. The summed E-state index contributed by atoms with van der Waals surface area (Å²) in [5, 5.41) is 13.9. The first-order chi connectivity index (χ1) is 11.1. The Kier molecular flexibility index (Phi) is 6.29. The Morgan fingerprint density at radius 3 is 2.74 bits per heavy atom. The van der Waals surface area contributed by atoms with Crippen molar-refractivity contribution >= 4 is 17.7 Å². The largest absolute Gasteiger partial charge is 0.349 e. The summed E-state index contributed by atoms with van der Waals surface area (Å²) in [5.41, 5.74) is 0.447. The molecule has 1 aliphatic heterocycles. The molecule has 0 aliphatic carbocycles. The molecular weight excluding hydrogens is 294 g/mol. The lowest BCUT2D eigenvalue weighted by Gasteiger charge is -2.29. The first-order valence-corrected chi connectivity index (χ1v) is 8.15. The van der Waals surface area contributed by atoms with Gasteiger partial charge in [0, 0.05) is 31.0 Å². The van der Waals surface area contributed by atoms with E-state index in [9.17, 15) is 14.9 Å². The van der Waals surface area contributed by atoms with Crippen molar-refractivity contribution in [3.8, 4) is 0 Å². The summed E-state index contributed by atoms with van der Waals surface area (Å²) < 4.78 is 0. The minimum absolute atomic E-state index is 0.00743. The predicted molar refractivity (Wildman–Crippen MR) is 89.1 cm³/mol. The number of likely N-dealkylation sites (tertiary alicyclic amines) is 1. The second-order valence-corrected chi connectivity index (χ2v) is 5.93. The number of nitro benzene ring substituents is 1. The lowest BCUT2D eigenvalue weighted by atomic mass is 10.0. The van der Waals surface area contributed by atoms with Crippen LogP contribution in [0.3, 0.4) is 0 Å². The van der Waals surface area contributed by atoms with Gasteiger partial charge in [-0.3, -0.25) is 14.9 Å². The Labute approximate surface area is 136 Å². The highest BCUT2D eigenvalue weighted by Gasteiger charge is 2.22. The van der Waals surface area contributed by atoms with E-state index in [1.807, 2.05) is 0 Å². The van der Waals surface area contributed by atoms with Crippen LogP contribution in [0.15, 0.2) is 30.3 Å². The van der Waals surface area contributed by atoms with Gasteiger partial charge in [0.25, 0.3) is 5.69 Å². The molecule has 1 amide bonds. The Morgan fingerprint density at radius 1 is 1.39 bits per heavy atom. The summed E-state index contributed by atoms with van der Waals surface area (Å²) in [5.74, 6) is -0.188. The van der Waals surface area contributed by atoms with Crippen LogP contribution < -0.4 is 10.2 Å². The zero-order valence-corrected chi connectivity index (χ0v) is 13.5. The summed E-state index contributed by atoms with van der Waals surface area (Å²) in [6, 6.07) is 6.61. The summed E-state index contributed by atoms with van der Waals surface area (Å²) in [6.07, 6.45) is 6.05. The Hall–Kier alpha value is -2.21. The van der Waals surface area contributed by atoms with E-state index in [4.69, 9.17) is 0 Å². The molecule has 2 rings (SSSR count). The van der Waals surface area contributed by atoms with Crippen LogP contribution in [0, 0.1) is 10.1 Å². The minimum atomic E-state index is -0.441. The highest BCUT2D eigenvalue weighted by molar-refractivity contribution is 5.92. The fourth-order valence-electron chi connectivity index (χ4n) is 2.98. The molecule has 1 aliphatic rings. The molecule has 6 nitrogen and oxygen atoms in total. The van der Waals surface area contributed by atoms with Gasteiger partial charge in [0.15, 0.2) is 0 Å². The molecule has 0 saturated carbocycles. The minimum Gasteiger partial charge on any atom is -0.349 e. The first kappa shape index (κ1) is 17.1. The van der Waals surface area contributed by atoms with Gasteiger partial charge in [-0.15, -0.1) is 0 Å². The van der Waals surface area contributed by atoms with Crippen molar-refractivity contribution < 1.29 is 14.6 Å². The Bertz CT molecular complexity index is 578. The van der Waals surface area contributed by atoms with Gasteiger partial charge in [-0.25, -0.2) is 0 Å². The number of piperidine rings is 1. The summed E-state index contributed by atoms with van der Waals surface area (Å²) >= 11 is 0. The number of quaternary nitrogens is 1. The predicted octanol–water partition coefficient (Wildman–Crippen LogP) is 1.18. The average Bonchev–Trinajstić information content (AvgIpc) is 2.55. The number of hydrogen-bond donors (Lipinski definition) is 2. The molecular formula is C17H24N3O3+. The smallest absolute Gasteiger partial charge is 0.276 e. The van der Waals surface area contributed by atoms with Crippen LogP contribution in [0.25, 0.3) is 6.08 Å². The van der Waals surface area contributed by atoms with Crippen molar-refractivity contribution in [3.05, 3.63) is 46.0 Å². The van der Waals surface area contributed by atoms with Crippen LogP contribution in [0.2, 0.25) is 0 Å². The number of benzene rings is 1. The Balaban J connectivity index is 1.87. The first-order valence-electron chi connectivity index (χ1n) is 8.15. The van der Waals surface area contributed by atoms with Crippen LogP contribution in [0.5, 0.6) is 0 Å². The quantitative estimate of drug-likeness (QED) is 0.470. The average molecular weight is 318 g/mol. The maximum Gasteiger partial charge on any atom is 0.276 e. The third-order valence-electron chi connectivity index (χ3n) is 4.19. The molecule has 0 radical (unpaired) electrons. The summed E-state index contributed by atoms with van der Waals surface area (Å²) in [7, 11) is 0. The van der Waals surface area contributed by atoms with Gasteiger partial charge in [0.1, 0.15) is 0 Å². The van der Waals surface area contributed by atoms with E-state index in [2.05, 4.69) is 12.2 Å². The van der Waals surface area contributed by atoms with E-state index in [1.54, 1.807) is 23.1 Å². The van der Waals surface area contributed by atoms with Crippen molar-refractivity contribution in [2.75, 3.05) is 19.6 Å². The van der Waals surface area contributed by atoms with Crippen molar-refractivity contribution in [3.63, 3.8) is 0 Å². The van der Waals surface area contributed by atoms with E-state index in [0.29, 0.717) is 5.56 Å². The van der Waals surface area contributed by atoms with Crippen molar-refractivity contribution in [1.29, 1.82) is 0 Å². The molecule has 0 spiro atoms. The molecule has 2 N–H and O–H groups in total. The molecule has 1 saturated heterocycles. The Morgan fingerprint density at radius 2 is 2.09 bits per heavy atom. The lowest BCUT2D eigenvalue weighted by molar-refractivity contribution is -0.905. The highest BCUT2D eigenvalue weighted by Crippen LogP contribution is 2.18. The second-order valence-electron chi connectivity index (χ2n) is 5.93. The van der Waals surface area contributed by atoms with Gasteiger partial charge < -0.3 is 10.2 Å². The van der Waals surface area contributed by atoms with Crippen molar-refractivity contribution in [2.45, 2.75) is 32.2 Å². The van der Waals surface area contributed by atoms with Crippen LogP contribution in [-0.4, -0.2) is 36.5 Å². The number of carbonyl (C=O) groups is 1. The topological polar surface area (TPSA) is 76.7 Å². The molecule has 0 aromatic heterocycles.